The van der Waals surface area contributed by atoms with Crippen LogP contribution in [0.3, 0.4) is 0 Å². The van der Waals surface area contributed by atoms with Crippen LogP contribution < -0.4 is 0 Å². The van der Waals surface area contributed by atoms with E-state index >= 15 is 0 Å². The standard InChI is InChI=1S/C19H18N2O2/c22-18-15-10-4-8-14-9-5-11-16(17(14)15)19(23)21(18)20-12-13-6-2-1-3-7-13/h4-5,8-13H,1-3,6-7H2/b20-12-. The van der Waals surface area contributed by atoms with E-state index in [-0.39, 0.29) is 11.8 Å². The summed E-state index contributed by atoms with van der Waals surface area (Å²) in [5.74, 6) is -0.282. The Bertz CT molecular complexity index is 768. The van der Waals surface area contributed by atoms with Crippen molar-refractivity contribution in [3.05, 3.63) is 47.5 Å². The van der Waals surface area contributed by atoms with Crippen LogP contribution in [-0.4, -0.2) is 23.0 Å². The minimum atomic E-state index is -0.327. The van der Waals surface area contributed by atoms with Crippen LogP contribution in [0.25, 0.3) is 10.8 Å². The molecule has 1 aliphatic carbocycles. The lowest BCUT2D eigenvalue weighted by Crippen LogP contribution is -2.36. The molecule has 4 rings (SSSR count). The molecule has 2 aromatic carbocycles. The molecule has 4 nitrogen and oxygen atoms in total. The van der Waals surface area contributed by atoms with Gasteiger partial charge >= 0.3 is 0 Å². The fraction of sp³-hybridized carbons (Fsp3) is 0.316. The van der Waals surface area contributed by atoms with E-state index in [1.165, 1.54) is 19.3 Å². The van der Waals surface area contributed by atoms with Gasteiger partial charge in [-0.1, -0.05) is 43.5 Å². The number of nitrogens with zero attached hydrogens (tertiary/aromatic N) is 2. The third kappa shape index (κ3) is 2.34. The number of imide groups is 1. The van der Waals surface area contributed by atoms with Crippen LogP contribution in [0.4, 0.5) is 0 Å². The van der Waals surface area contributed by atoms with E-state index < -0.39 is 0 Å². The van der Waals surface area contributed by atoms with Crippen molar-refractivity contribution >= 4 is 28.8 Å². The molecule has 0 N–H and O–H groups in total. The van der Waals surface area contributed by atoms with Crippen molar-refractivity contribution in [3.63, 3.8) is 0 Å². The zero-order valence-electron chi connectivity index (χ0n) is 12.9. The van der Waals surface area contributed by atoms with E-state index in [9.17, 15) is 9.59 Å². The van der Waals surface area contributed by atoms with Crippen molar-refractivity contribution in [2.75, 3.05) is 0 Å². The number of rotatable bonds is 2. The zero-order chi connectivity index (χ0) is 15.8. The van der Waals surface area contributed by atoms with Gasteiger partial charge in [0.2, 0.25) is 0 Å². The molecule has 0 atom stereocenters. The molecule has 0 aromatic heterocycles. The molecular formula is C19H18N2O2. The van der Waals surface area contributed by atoms with Gasteiger partial charge in [0.15, 0.2) is 0 Å². The van der Waals surface area contributed by atoms with Crippen LogP contribution in [0.2, 0.25) is 0 Å². The van der Waals surface area contributed by atoms with E-state index in [0.717, 1.165) is 28.6 Å². The fourth-order valence-electron chi connectivity index (χ4n) is 3.57. The average Bonchev–Trinajstić information content (AvgIpc) is 2.60. The third-order valence-electron chi connectivity index (χ3n) is 4.79. The number of benzene rings is 2. The highest BCUT2D eigenvalue weighted by molar-refractivity contribution is 6.25. The van der Waals surface area contributed by atoms with E-state index in [1.54, 1.807) is 18.3 Å². The maximum atomic E-state index is 12.7. The van der Waals surface area contributed by atoms with Crippen LogP contribution in [0, 0.1) is 5.92 Å². The summed E-state index contributed by atoms with van der Waals surface area (Å²) < 4.78 is 0. The topological polar surface area (TPSA) is 49.7 Å². The summed E-state index contributed by atoms with van der Waals surface area (Å²) in [6.07, 6.45) is 7.63. The van der Waals surface area contributed by atoms with Crippen LogP contribution in [0.1, 0.15) is 52.8 Å². The largest absolute Gasteiger partial charge is 0.282 e. The summed E-state index contributed by atoms with van der Waals surface area (Å²) in [6, 6.07) is 11.1. The van der Waals surface area contributed by atoms with Gasteiger partial charge in [0.25, 0.3) is 11.8 Å². The zero-order valence-corrected chi connectivity index (χ0v) is 12.9. The number of hydrogen-bond donors (Lipinski definition) is 0. The van der Waals surface area contributed by atoms with Gasteiger partial charge in [-0.15, -0.1) is 0 Å². The molecule has 1 aliphatic heterocycles. The van der Waals surface area contributed by atoms with Gasteiger partial charge in [-0.05, 0) is 36.3 Å². The summed E-state index contributed by atoms with van der Waals surface area (Å²) in [5, 5.41) is 6.96. The van der Waals surface area contributed by atoms with Crippen molar-refractivity contribution in [2.24, 2.45) is 11.0 Å². The van der Waals surface area contributed by atoms with Crippen molar-refractivity contribution in [3.8, 4) is 0 Å². The Balaban J connectivity index is 1.72. The normalized spacial score (nSPS) is 19.0. The van der Waals surface area contributed by atoms with E-state index in [0.29, 0.717) is 17.0 Å². The van der Waals surface area contributed by atoms with Gasteiger partial charge in [0, 0.05) is 11.6 Å². The van der Waals surface area contributed by atoms with E-state index in [1.807, 2.05) is 24.3 Å². The molecule has 23 heavy (non-hydrogen) atoms. The van der Waals surface area contributed by atoms with Crippen molar-refractivity contribution < 1.29 is 9.59 Å². The Labute approximate surface area is 134 Å². The first-order chi connectivity index (χ1) is 11.3. The summed E-state index contributed by atoms with van der Waals surface area (Å²) >= 11 is 0. The Kier molecular flexibility index (Phi) is 3.45. The van der Waals surface area contributed by atoms with Crippen LogP contribution in [-0.2, 0) is 0 Å². The highest BCUT2D eigenvalue weighted by Crippen LogP contribution is 2.30. The molecule has 1 heterocycles. The predicted octanol–water partition coefficient (Wildman–Crippen LogP) is 4.00. The molecule has 1 saturated carbocycles. The molecule has 1 fully saturated rings. The highest BCUT2D eigenvalue weighted by Gasteiger charge is 2.32. The van der Waals surface area contributed by atoms with Crippen molar-refractivity contribution in [1.29, 1.82) is 0 Å². The summed E-state index contributed by atoms with van der Waals surface area (Å²) in [5.41, 5.74) is 1.11. The van der Waals surface area contributed by atoms with Gasteiger partial charge in [0.1, 0.15) is 0 Å². The number of hydrogen-bond acceptors (Lipinski definition) is 3. The van der Waals surface area contributed by atoms with Gasteiger partial charge in [-0.25, -0.2) is 0 Å². The van der Waals surface area contributed by atoms with E-state index in [4.69, 9.17) is 0 Å². The number of carbonyl (C=O) groups excluding carboxylic acids is 2. The smallest absolute Gasteiger partial charge is 0.267 e. The van der Waals surface area contributed by atoms with Gasteiger partial charge in [-0.2, -0.15) is 10.1 Å². The van der Waals surface area contributed by atoms with Crippen molar-refractivity contribution in [2.45, 2.75) is 32.1 Å². The number of amides is 2. The molecule has 0 unspecified atom stereocenters. The lowest BCUT2D eigenvalue weighted by Gasteiger charge is -2.24. The molecule has 0 spiro atoms. The van der Waals surface area contributed by atoms with Gasteiger partial charge in [-0.3, -0.25) is 9.59 Å². The average molecular weight is 306 g/mol. The molecule has 2 aliphatic rings. The summed E-state index contributed by atoms with van der Waals surface area (Å²) in [7, 11) is 0. The Morgan fingerprint density at radius 2 is 1.52 bits per heavy atom. The lowest BCUT2D eigenvalue weighted by atomic mass is 9.90. The lowest BCUT2D eigenvalue weighted by molar-refractivity contribution is 0.0615. The second-order valence-electron chi connectivity index (χ2n) is 6.29. The number of carbonyl (C=O) groups is 2. The quantitative estimate of drug-likeness (QED) is 0.622. The van der Waals surface area contributed by atoms with Gasteiger partial charge < -0.3 is 0 Å². The Morgan fingerprint density at radius 1 is 0.913 bits per heavy atom. The number of hydrazone groups is 1. The highest BCUT2D eigenvalue weighted by atomic mass is 16.2. The van der Waals surface area contributed by atoms with Crippen LogP contribution >= 0.6 is 0 Å². The SMILES string of the molecule is O=C1c2cccc3cccc(c23)C(=O)N1/N=C\C1CCCCC1. The first kappa shape index (κ1) is 14.1. The van der Waals surface area contributed by atoms with Crippen molar-refractivity contribution in [1.82, 2.24) is 5.01 Å². The molecule has 4 heteroatoms. The first-order valence-corrected chi connectivity index (χ1v) is 8.20. The van der Waals surface area contributed by atoms with Crippen LogP contribution in [0.15, 0.2) is 41.5 Å². The predicted molar refractivity (Wildman–Crippen MR) is 89.5 cm³/mol. The summed E-state index contributed by atoms with van der Waals surface area (Å²) in [4.78, 5) is 25.4. The second kappa shape index (κ2) is 5.61. The molecule has 0 saturated heterocycles. The second-order valence-corrected chi connectivity index (χ2v) is 6.29. The van der Waals surface area contributed by atoms with Crippen LogP contribution in [0.5, 0.6) is 0 Å². The molecule has 0 bridgehead atoms. The van der Waals surface area contributed by atoms with Gasteiger partial charge in [0.05, 0.1) is 11.1 Å². The Hall–Kier alpha value is -2.49. The molecule has 2 aromatic rings. The van der Waals surface area contributed by atoms with E-state index in [2.05, 4.69) is 5.10 Å². The maximum Gasteiger partial charge on any atom is 0.282 e. The molecule has 0 radical (unpaired) electrons. The first-order valence-electron chi connectivity index (χ1n) is 8.20. The minimum Gasteiger partial charge on any atom is -0.267 e. The molecule has 116 valence electrons. The summed E-state index contributed by atoms with van der Waals surface area (Å²) in [6.45, 7) is 0. The monoisotopic (exact) mass is 306 g/mol. The minimum absolute atomic E-state index is 0.327. The maximum absolute atomic E-state index is 12.7. The molecule has 2 amide bonds. The Morgan fingerprint density at radius 3 is 2.13 bits per heavy atom. The molecular weight excluding hydrogens is 288 g/mol. The fourth-order valence-corrected chi connectivity index (χ4v) is 3.57. The third-order valence-corrected chi connectivity index (χ3v) is 4.79.